The van der Waals surface area contributed by atoms with E-state index in [4.69, 9.17) is 4.74 Å². The Morgan fingerprint density at radius 1 is 1.00 bits per heavy atom. The molecule has 0 radical (unpaired) electrons. The molecule has 0 bridgehead atoms. The van der Waals surface area contributed by atoms with Crippen LogP contribution in [-0.2, 0) is 22.7 Å². The Labute approximate surface area is 124 Å². The molecular formula is C17H19NO3. The molecule has 0 aliphatic heterocycles. The molecule has 4 heteroatoms. The summed E-state index contributed by atoms with van der Waals surface area (Å²) in [7, 11) is 1.38. The zero-order valence-corrected chi connectivity index (χ0v) is 12.0. The van der Waals surface area contributed by atoms with Crippen molar-refractivity contribution in [3.8, 4) is 5.75 Å². The van der Waals surface area contributed by atoms with E-state index in [1.54, 1.807) is 0 Å². The van der Waals surface area contributed by atoms with Gasteiger partial charge in [0.05, 0.1) is 13.7 Å². The van der Waals surface area contributed by atoms with E-state index >= 15 is 0 Å². The minimum atomic E-state index is -0.266. The molecule has 2 rings (SSSR count). The average molecular weight is 285 g/mol. The molecule has 0 spiro atoms. The van der Waals surface area contributed by atoms with Crippen molar-refractivity contribution in [2.45, 2.75) is 13.2 Å². The van der Waals surface area contributed by atoms with E-state index in [1.165, 1.54) is 7.11 Å². The smallest absolute Gasteiger partial charge is 0.319 e. The van der Waals surface area contributed by atoms with Gasteiger partial charge in [0.25, 0.3) is 0 Å². The second-order valence-corrected chi connectivity index (χ2v) is 4.60. The molecule has 0 atom stereocenters. The molecule has 21 heavy (non-hydrogen) atoms. The van der Waals surface area contributed by atoms with Gasteiger partial charge in [-0.2, -0.15) is 0 Å². The fraction of sp³-hybridized carbons (Fsp3) is 0.235. The van der Waals surface area contributed by atoms with Crippen LogP contribution in [0.25, 0.3) is 0 Å². The van der Waals surface area contributed by atoms with Crippen LogP contribution in [0.4, 0.5) is 0 Å². The highest BCUT2D eigenvalue weighted by atomic mass is 16.5. The second kappa shape index (κ2) is 8.07. The van der Waals surface area contributed by atoms with Crippen LogP contribution in [0, 0.1) is 0 Å². The number of rotatable bonds is 7. The van der Waals surface area contributed by atoms with Crippen molar-refractivity contribution in [2.75, 3.05) is 13.7 Å². The molecule has 0 saturated carbocycles. The van der Waals surface area contributed by atoms with Gasteiger partial charge in [-0.1, -0.05) is 42.5 Å². The summed E-state index contributed by atoms with van der Waals surface area (Å²) in [6.07, 6.45) is 0. The van der Waals surface area contributed by atoms with Crippen LogP contribution < -0.4 is 10.1 Å². The van der Waals surface area contributed by atoms with E-state index in [0.717, 1.165) is 16.9 Å². The summed E-state index contributed by atoms with van der Waals surface area (Å²) >= 11 is 0. The van der Waals surface area contributed by atoms with Gasteiger partial charge in [-0.25, -0.2) is 0 Å². The van der Waals surface area contributed by atoms with Crippen LogP contribution >= 0.6 is 0 Å². The van der Waals surface area contributed by atoms with Crippen molar-refractivity contribution in [1.29, 1.82) is 0 Å². The Balaban J connectivity index is 1.78. The van der Waals surface area contributed by atoms with E-state index in [1.807, 2.05) is 54.6 Å². The predicted octanol–water partition coefficient (Wildman–Crippen LogP) is 2.53. The van der Waals surface area contributed by atoms with Crippen molar-refractivity contribution >= 4 is 5.97 Å². The van der Waals surface area contributed by atoms with Crippen LogP contribution in [-0.4, -0.2) is 19.6 Å². The summed E-state index contributed by atoms with van der Waals surface area (Å²) < 4.78 is 10.3. The first kappa shape index (κ1) is 15.1. The van der Waals surface area contributed by atoms with Gasteiger partial charge < -0.3 is 14.8 Å². The van der Waals surface area contributed by atoms with Gasteiger partial charge in [0.15, 0.2) is 0 Å². The molecule has 0 aliphatic rings. The fourth-order valence-corrected chi connectivity index (χ4v) is 1.83. The number of hydrogen-bond donors (Lipinski definition) is 1. The highest BCUT2D eigenvalue weighted by Gasteiger charge is 2.00. The molecule has 0 fully saturated rings. The maximum Gasteiger partial charge on any atom is 0.319 e. The van der Waals surface area contributed by atoms with E-state index in [-0.39, 0.29) is 12.5 Å². The SMILES string of the molecule is COC(=O)CNCc1ccc(OCc2ccccc2)cc1. The minimum absolute atomic E-state index is 0.211. The molecule has 2 aromatic rings. The summed E-state index contributed by atoms with van der Waals surface area (Å²) in [4.78, 5) is 11.0. The maximum absolute atomic E-state index is 11.0. The zero-order chi connectivity index (χ0) is 14.9. The van der Waals surface area contributed by atoms with E-state index in [0.29, 0.717) is 13.2 Å². The summed E-state index contributed by atoms with van der Waals surface area (Å²) in [5.74, 6) is 0.563. The first-order valence-corrected chi connectivity index (χ1v) is 6.81. The number of ether oxygens (including phenoxy) is 2. The Bertz CT molecular complexity index is 552. The summed E-state index contributed by atoms with van der Waals surface area (Å²) in [6.45, 7) is 1.39. The second-order valence-electron chi connectivity index (χ2n) is 4.60. The number of nitrogens with one attached hydrogen (secondary N) is 1. The van der Waals surface area contributed by atoms with Gasteiger partial charge in [-0.15, -0.1) is 0 Å². The molecule has 0 heterocycles. The fourth-order valence-electron chi connectivity index (χ4n) is 1.83. The van der Waals surface area contributed by atoms with Gasteiger partial charge in [-0.05, 0) is 23.3 Å². The highest BCUT2D eigenvalue weighted by molar-refractivity contribution is 5.71. The first-order chi connectivity index (χ1) is 10.3. The maximum atomic E-state index is 11.0. The third-order valence-corrected chi connectivity index (χ3v) is 3.00. The minimum Gasteiger partial charge on any atom is -0.489 e. The third-order valence-electron chi connectivity index (χ3n) is 3.00. The lowest BCUT2D eigenvalue weighted by molar-refractivity contribution is -0.139. The lowest BCUT2D eigenvalue weighted by Gasteiger charge is -2.08. The van der Waals surface area contributed by atoms with Gasteiger partial charge in [0, 0.05) is 6.54 Å². The Morgan fingerprint density at radius 3 is 2.38 bits per heavy atom. The van der Waals surface area contributed by atoms with Crippen molar-refractivity contribution in [2.24, 2.45) is 0 Å². The zero-order valence-electron chi connectivity index (χ0n) is 12.0. The van der Waals surface area contributed by atoms with Crippen LogP contribution in [0.5, 0.6) is 5.75 Å². The average Bonchev–Trinajstić information content (AvgIpc) is 2.55. The Hall–Kier alpha value is -2.33. The molecule has 4 nitrogen and oxygen atoms in total. The van der Waals surface area contributed by atoms with Crippen molar-refractivity contribution in [3.05, 3.63) is 65.7 Å². The lowest BCUT2D eigenvalue weighted by Crippen LogP contribution is -2.23. The molecule has 0 unspecified atom stereocenters. The number of carbonyl (C=O) groups is 1. The molecule has 110 valence electrons. The number of benzene rings is 2. The monoisotopic (exact) mass is 285 g/mol. The molecule has 0 aliphatic carbocycles. The topological polar surface area (TPSA) is 47.6 Å². The number of esters is 1. The van der Waals surface area contributed by atoms with E-state index < -0.39 is 0 Å². The van der Waals surface area contributed by atoms with E-state index in [9.17, 15) is 4.79 Å². The largest absolute Gasteiger partial charge is 0.489 e. The van der Waals surface area contributed by atoms with Crippen LogP contribution in [0.1, 0.15) is 11.1 Å². The van der Waals surface area contributed by atoms with Gasteiger partial charge in [-0.3, -0.25) is 4.79 Å². The summed E-state index contributed by atoms with van der Waals surface area (Å²) in [6, 6.07) is 17.9. The standard InChI is InChI=1S/C17H19NO3/c1-20-17(19)12-18-11-14-7-9-16(10-8-14)21-13-15-5-3-2-4-6-15/h2-10,18H,11-13H2,1H3. The first-order valence-electron chi connectivity index (χ1n) is 6.81. The van der Waals surface area contributed by atoms with Crippen LogP contribution in [0.2, 0.25) is 0 Å². The lowest BCUT2D eigenvalue weighted by atomic mass is 10.2. The van der Waals surface area contributed by atoms with Crippen molar-refractivity contribution in [3.63, 3.8) is 0 Å². The Morgan fingerprint density at radius 2 is 1.71 bits per heavy atom. The quantitative estimate of drug-likeness (QED) is 0.794. The molecule has 0 aromatic heterocycles. The van der Waals surface area contributed by atoms with Gasteiger partial charge in [0.2, 0.25) is 0 Å². The van der Waals surface area contributed by atoms with Crippen molar-refractivity contribution < 1.29 is 14.3 Å². The molecule has 2 aromatic carbocycles. The van der Waals surface area contributed by atoms with Crippen molar-refractivity contribution in [1.82, 2.24) is 5.32 Å². The third kappa shape index (κ3) is 5.28. The number of carbonyl (C=O) groups excluding carboxylic acids is 1. The summed E-state index contributed by atoms with van der Waals surface area (Å²) in [5.41, 5.74) is 2.23. The summed E-state index contributed by atoms with van der Waals surface area (Å²) in [5, 5.41) is 3.01. The highest BCUT2D eigenvalue weighted by Crippen LogP contribution is 2.14. The molecule has 1 N–H and O–H groups in total. The van der Waals surface area contributed by atoms with Gasteiger partial charge in [0.1, 0.15) is 12.4 Å². The predicted molar refractivity (Wildman–Crippen MR) is 80.9 cm³/mol. The Kier molecular flexibility index (Phi) is 5.79. The normalized spacial score (nSPS) is 10.1. The molecule has 0 amide bonds. The van der Waals surface area contributed by atoms with E-state index in [2.05, 4.69) is 10.1 Å². The van der Waals surface area contributed by atoms with Gasteiger partial charge >= 0.3 is 5.97 Å². The van der Waals surface area contributed by atoms with Crippen LogP contribution in [0.3, 0.4) is 0 Å². The molecular weight excluding hydrogens is 266 g/mol. The van der Waals surface area contributed by atoms with Crippen LogP contribution in [0.15, 0.2) is 54.6 Å². The number of methoxy groups -OCH3 is 1. The molecule has 0 saturated heterocycles. The number of hydrogen-bond acceptors (Lipinski definition) is 4.